The highest BCUT2D eigenvalue weighted by Crippen LogP contribution is 2.48. The number of rotatable bonds is 5. The molecule has 2 N–H and O–H groups in total. The Labute approximate surface area is 330 Å². The third-order valence-electron chi connectivity index (χ3n) is 12.5. The zero-order valence-corrected chi connectivity index (χ0v) is 33.3. The molecule has 0 amide bonds. The highest BCUT2D eigenvalue weighted by Gasteiger charge is 2.61. The number of hydrogen-bond acceptors (Lipinski definition) is 9. The summed E-state index contributed by atoms with van der Waals surface area (Å²) in [5.74, 6) is -3.23. The van der Waals surface area contributed by atoms with Gasteiger partial charge >= 0.3 is 11.9 Å². The maximum absolute atomic E-state index is 14.5. The highest BCUT2D eigenvalue weighted by molar-refractivity contribution is 5.90. The summed E-state index contributed by atoms with van der Waals surface area (Å²) in [7, 11) is 0. The van der Waals surface area contributed by atoms with E-state index < -0.39 is 53.7 Å². The number of esters is 2. The van der Waals surface area contributed by atoms with Gasteiger partial charge in [-0.2, -0.15) is 0 Å². The van der Waals surface area contributed by atoms with Crippen LogP contribution in [0.1, 0.15) is 77.6 Å². The van der Waals surface area contributed by atoms with Crippen molar-refractivity contribution in [1.82, 2.24) is 0 Å². The highest BCUT2D eigenvalue weighted by atomic mass is 16.7. The summed E-state index contributed by atoms with van der Waals surface area (Å²) in [4.78, 5) is 28.2. The summed E-state index contributed by atoms with van der Waals surface area (Å²) in [6, 6.07) is 17.1. The summed E-state index contributed by atoms with van der Waals surface area (Å²) >= 11 is 0. The number of allylic oxidation sites excluding steroid dienone is 2. The predicted molar refractivity (Wildman–Crippen MR) is 213 cm³/mol. The fourth-order valence-corrected chi connectivity index (χ4v) is 8.90. The first-order valence-electron chi connectivity index (χ1n) is 20.2. The van der Waals surface area contributed by atoms with Crippen LogP contribution >= 0.6 is 0 Å². The molecule has 2 fully saturated rings. The second-order valence-corrected chi connectivity index (χ2v) is 16.5. The average molecular weight is 765 g/mol. The van der Waals surface area contributed by atoms with Crippen molar-refractivity contribution in [3.05, 3.63) is 119 Å². The van der Waals surface area contributed by atoms with Crippen molar-refractivity contribution in [2.24, 2.45) is 23.7 Å². The van der Waals surface area contributed by atoms with E-state index in [1.165, 1.54) is 0 Å². The van der Waals surface area contributed by atoms with Crippen LogP contribution in [-0.2, 0) is 28.5 Å². The normalized spacial score (nSPS) is 38.9. The van der Waals surface area contributed by atoms with Crippen molar-refractivity contribution in [1.29, 1.82) is 0 Å². The lowest BCUT2D eigenvalue weighted by atomic mass is 9.70. The van der Waals surface area contributed by atoms with Crippen LogP contribution in [0.25, 0.3) is 11.1 Å². The summed E-state index contributed by atoms with van der Waals surface area (Å²) in [6.07, 6.45) is 11.4. The summed E-state index contributed by atoms with van der Waals surface area (Å²) < 4.78 is 32.3. The number of aliphatic hydroxyl groups excluding tert-OH is 1. The molecular formula is C47H56O9. The number of hydrogen-bond donors (Lipinski definition) is 2. The molecule has 2 aromatic carbocycles. The number of carbonyl (C=O) groups is 2. The molecule has 4 aliphatic heterocycles. The van der Waals surface area contributed by atoms with Crippen molar-refractivity contribution in [2.75, 3.05) is 6.61 Å². The Morgan fingerprint density at radius 2 is 1.70 bits per heavy atom. The molecule has 0 radical (unpaired) electrons. The molecular weight excluding hydrogens is 709 g/mol. The fraction of sp³-hybridized carbons (Fsp3) is 0.489. The van der Waals surface area contributed by atoms with Crippen LogP contribution in [0, 0.1) is 23.7 Å². The second-order valence-electron chi connectivity index (χ2n) is 16.5. The molecule has 2 aromatic rings. The Balaban J connectivity index is 1.21. The van der Waals surface area contributed by atoms with Gasteiger partial charge in [0.2, 0.25) is 0 Å². The van der Waals surface area contributed by atoms with Gasteiger partial charge in [-0.3, -0.25) is 4.79 Å². The molecule has 12 atom stereocenters. The Bertz CT molecular complexity index is 1910. The first-order valence-corrected chi connectivity index (χ1v) is 20.2. The van der Waals surface area contributed by atoms with Crippen molar-refractivity contribution in [3.8, 4) is 11.1 Å². The maximum atomic E-state index is 14.5. The van der Waals surface area contributed by atoms with Crippen LogP contribution < -0.4 is 0 Å². The number of benzene rings is 2. The largest absolute Gasteiger partial charge is 0.462 e. The van der Waals surface area contributed by atoms with E-state index >= 15 is 0 Å². The fourth-order valence-electron chi connectivity index (χ4n) is 8.90. The minimum atomic E-state index is -1.89. The molecule has 4 heterocycles. The molecule has 7 rings (SSSR count). The van der Waals surface area contributed by atoms with Crippen molar-refractivity contribution < 1.29 is 43.5 Å². The van der Waals surface area contributed by atoms with Gasteiger partial charge < -0.3 is 33.9 Å². The van der Waals surface area contributed by atoms with E-state index in [9.17, 15) is 19.8 Å². The van der Waals surface area contributed by atoms with E-state index in [2.05, 4.69) is 26.8 Å². The maximum Gasteiger partial charge on any atom is 0.338 e. The van der Waals surface area contributed by atoms with E-state index in [1.807, 2.05) is 74.5 Å². The van der Waals surface area contributed by atoms with E-state index in [4.69, 9.17) is 23.7 Å². The van der Waals surface area contributed by atoms with Gasteiger partial charge in [0.1, 0.15) is 23.7 Å². The van der Waals surface area contributed by atoms with Gasteiger partial charge in [-0.05, 0) is 72.2 Å². The SMILES string of the molecule is CC[C@H](C)[C@H]1O[C@]2(C=C[C@@H]1C)C[C@@H]1C[C@@H](C/C=C(\C)[C@@H](O)[C@@H](C)/C=C/C=C3\CO[C@@H]4[C@H](OC(=O)c5ccc(-c6ccccc6)cc5)C(C)=C[C@@H](C(=O)O1)[C@]34O)O2. The van der Waals surface area contributed by atoms with Gasteiger partial charge in [0.25, 0.3) is 0 Å². The van der Waals surface area contributed by atoms with Gasteiger partial charge in [0.05, 0.1) is 30.5 Å². The molecule has 1 spiro atoms. The monoisotopic (exact) mass is 764 g/mol. The quantitative estimate of drug-likeness (QED) is 0.232. The zero-order valence-electron chi connectivity index (χ0n) is 33.3. The second kappa shape index (κ2) is 16.4. The van der Waals surface area contributed by atoms with Crippen LogP contribution in [0.5, 0.6) is 0 Å². The van der Waals surface area contributed by atoms with Crippen molar-refractivity contribution in [2.45, 2.75) is 115 Å². The summed E-state index contributed by atoms with van der Waals surface area (Å²) in [5.41, 5.74) is 2.28. The number of fused-ring (bicyclic) bond motifs is 2. The smallest absolute Gasteiger partial charge is 0.338 e. The zero-order chi connectivity index (χ0) is 39.8. The van der Waals surface area contributed by atoms with E-state index in [-0.39, 0.29) is 43.0 Å². The van der Waals surface area contributed by atoms with Crippen LogP contribution in [0.3, 0.4) is 0 Å². The lowest BCUT2D eigenvalue weighted by Gasteiger charge is -2.48. The van der Waals surface area contributed by atoms with Gasteiger partial charge in [-0.25, -0.2) is 4.79 Å². The molecule has 2 bridgehead atoms. The van der Waals surface area contributed by atoms with Gasteiger partial charge in [0.15, 0.2) is 11.9 Å². The lowest BCUT2D eigenvalue weighted by Crippen LogP contribution is -2.59. The molecule has 56 heavy (non-hydrogen) atoms. The van der Waals surface area contributed by atoms with Crippen LogP contribution in [0.4, 0.5) is 0 Å². The Morgan fingerprint density at radius 1 is 0.964 bits per heavy atom. The topological polar surface area (TPSA) is 121 Å². The molecule has 2 saturated heterocycles. The first kappa shape index (κ1) is 40.1. The first-order chi connectivity index (χ1) is 26.8. The van der Waals surface area contributed by atoms with Crippen LogP contribution in [0.2, 0.25) is 0 Å². The summed E-state index contributed by atoms with van der Waals surface area (Å²) in [6.45, 7) is 12.1. The molecule has 9 heteroatoms. The van der Waals surface area contributed by atoms with Gasteiger partial charge in [-0.1, -0.05) is 113 Å². The Morgan fingerprint density at radius 3 is 2.43 bits per heavy atom. The minimum Gasteiger partial charge on any atom is -0.462 e. The third-order valence-corrected chi connectivity index (χ3v) is 12.5. The molecule has 0 unspecified atom stereocenters. The average Bonchev–Trinajstić information content (AvgIpc) is 3.54. The minimum absolute atomic E-state index is 0.00235. The Kier molecular flexibility index (Phi) is 11.7. The van der Waals surface area contributed by atoms with E-state index in [1.54, 1.807) is 37.3 Å². The predicted octanol–water partition coefficient (Wildman–Crippen LogP) is 7.84. The number of carbonyl (C=O) groups excluding carboxylic acids is 2. The molecule has 1 aliphatic carbocycles. The van der Waals surface area contributed by atoms with E-state index in [0.29, 0.717) is 29.6 Å². The standard InChI is InChI=1S/C47H56O9/c1-7-28(2)41-31(5)22-23-46(56-41)26-38-25-37(55-46)21-16-30(4)40(48)29(3)12-11-15-36-27-52-43-42(32(6)24-39(45(50)53-38)47(36,43)51)54-44(49)35-19-17-34(18-20-35)33-13-9-8-10-14-33/h8-20,22-24,28-29,31,37-43,48,51H,7,21,25-27H2,1-6H3/b12-11+,30-16+,36-15+/t28-,29-,31-,37+,38-,39-,40-,41+,42+,43+,46+,47+/m0/s1. The van der Waals surface area contributed by atoms with Crippen LogP contribution in [-0.4, -0.2) is 76.8 Å². The molecule has 0 aromatic heterocycles. The Hall–Kier alpha value is -4.12. The van der Waals surface area contributed by atoms with Crippen LogP contribution in [0.15, 0.2) is 114 Å². The van der Waals surface area contributed by atoms with Crippen molar-refractivity contribution in [3.63, 3.8) is 0 Å². The lowest BCUT2D eigenvalue weighted by molar-refractivity contribution is -0.300. The van der Waals surface area contributed by atoms with Crippen molar-refractivity contribution >= 4 is 11.9 Å². The number of aliphatic hydroxyl groups is 2. The molecule has 9 nitrogen and oxygen atoms in total. The molecule has 5 aliphatic rings. The third kappa shape index (κ3) is 7.89. The number of ether oxygens (including phenoxy) is 5. The summed E-state index contributed by atoms with van der Waals surface area (Å²) in [5, 5.41) is 24.1. The molecule has 298 valence electrons. The van der Waals surface area contributed by atoms with Gasteiger partial charge in [-0.15, -0.1) is 0 Å². The molecule has 0 saturated carbocycles. The van der Waals surface area contributed by atoms with E-state index in [0.717, 1.165) is 23.1 Å². The van der Waals surface area contributed by atoms with Gasteiger partial charge in [0, 0.05) is 24.7 Å².